The van der Waals surface area contributed by atoms with Crippen LogP contribution in [0.2, 0.25) is 0 Å². The van der Waals surface area contributed by atoms with Crippen LogP contribution in [0, 0.1) is 0 Å². The highest BCUT2D eigenvalue weighted by Crippen LogP contribution is 2.21. The number of hydrogen-bond acceptors (Lipinski definition) is 5. The molecule has 96 heavy (non-hydrogen) atoms. The molecule has 0 saturated carbocycles. The number of aliphatic hydroxyl groups excluding tert-OH is 2. The molecule has 0 aliphatic heterocycles. The van der Waals surface area contributed by atoms with Gasteiger partial charge in [-0.25, -0.2) is 0 Å². The number of amides is 1. The van der Waals surface area contributed by atoms with Crippen LogP contribution in [0.1, 0.15) is 502 Å². The summed E-state index contributed by atoms with van der Waals surface area (Å²) >= 11 is 0. The molecule has 0 bridgehead atoms. The highest BCUT2D eigenvalue weighted by Gasteiger charge is 2.18. The Morgan fingerprint density at radius 1 is 0.281 bits per heavy atom. The average Bonchev–Trinajstić information content (AvgIpc) is 2.81. The number of nitrogens with one attached hydrogen (secondary N) is 1. The number of esters is 1. The van der Waals surface area contributed by atoms with Crippen molar-refractivity contribution >= 4 is 11.9 Å². The largest absolute Gasteiger partial charge is 0.466 e. The molecule has 0 aromatic carbocycles. The minimum atomic E-state index is -0.844. The van der Waals surface area contributed by atoms with Crippen molar-refractivity contribution in [2.45, 2.75) is 514 Å². The van der Waals surface area contributed by atoms with E-state index in [2.05, 4.69) is 43.5 Å². The maximum atomic E-state index is 12.6. The molecule has 0 spiro atoms. The van der Waals surface area contributed by atoms with Crippen molar-refractivity contribution in [2.75, 3.05) is 13.2 Å². The molecule has 0 aromatic heterocycles. The van der Waals surface area contributed by atoms with Gasteiger partial charge in [0.1, 0.15) is 0 Å². The zero-order chi connectivity index (χ0) is 69.1. The first-order valence-electron chi connectivity index (χ1n) is 44.3. The lowest BCUT2D eigenvalue weighted by atomic mass is 10.0. The normalized spacial score (nSPS) is 12.6. The fourth-order valence-corrected chi connectivity index (χ4v) is 14.2. The lowest BCUT2D eigenvalue weighted by Gasteiger charge is -2.20. The van der Waals surface area contributed by atoms with Gasteiger partial charge in [0.15, 0.2) is 0 Å². The predicted octanol–water partition coefficient (Wildman–Crippen LogP) is 29.7. The minimum Gasteiger partial charge on any atom is -0.466 e. The average molecular weight is 1350 g/mol. The van der Waals surface area contributed by atoms with Crippen LogP contribution in [-0.2, 0) is 14.3 Å². The molecule has 0 aliphatic carbocycles. The standard InChI is InChI=1S/C90H173NO5/c1-3-5-7-9-11-13-15-17-19-21-22-23-24-38-41-44-47-51-54-58-62-66-70-74-78-82-88(93)87(86-92)91-89(94)83-79-75-71-67-63-59-55-52-48-45-42-39-36-34-32-30-28-26-25-27-29-31-33-35-37-40-43-46-49-53-57-61-65-69-73-77-81-85-96-90(95)84-80-76-72-68-64-60-56-50-20-18-16-14-12-10-8-6-4-2/h18,20,25,27,78,82,87-88,92-93H,3-17,19,21-24,26,28-77,79-81,83-86H2,1-2H3,(H,91,94)/b20-18-,27-25-,82-78+. The minimum absolute atomic E-state index is 0.0189. The van der Waals surface area contributed by atoms with Gasteiger partial charge >= 0.3 is 5.97 Å². The van der Waals surface area contributed by atoms with Crippen LogP contribution in [-0.4, -0.2) is 47.4 Å². The molecule has 0 saturated heterocycles. The Bertz CT molecular complexity index is 1560. The van der Waals surface area contributed by atoms with Gasteiger partial charge in [0.05, 0.1) is 25.4 Å². The van der Waals surface area contributed by atoms with Crippen LogP contribution in [0.25, 0.3) is 0 Å². The number of hydrogen-bond donors (Lipinski definition) is 3. The van der Waals surface area contributed by atoms with Crippen molar-refractivity contribution in [1.82, 2.24) is 5.32 Å². The lowest BCUT2D eigenvalue weighted by Crippen LogP contribution is -2.45. The van der Waals surface area contributed by atoms with Gasteiger partial charge in [-0.2, -0.15) is 0 Å². The Morgan fingerprint density at radius 2 is 0.490 bits per heavy atom. The zero-order valence-electron chi connectivity index (χ0n) is 65.4. The van der Waals surface area contributed by atoms with E-state index in [1.54, 1.807) is 6.08 Å². The topological polar surface area (TPSA) is 95.9 Å². The van der Waals surface area contributed by atoms with E-state index in [0.29, 0.717) is 19.4 Å². The van der Waals surface area contributed by atoms with Gasteiger partial charge in [-0.3, -0.25) is 9.59 Å². The zero-order valence-corrected chi connectivity index (χ0v) is 65.4. The van der Waals surface area contributed by atoms with Crippen LogP contribution < -0.4 is 5.32 Å². The van der Waals surface area contributed by atoms with Crippen LogP contribution in [0.15, 0.2) is 36.5 Å². The summed E-state index contributed by atoms with van der Waals surface area (Å²) in [4.78, 5) is 24.7. The van der Waals surface area contributed by atoms with E-state index in [1.165, 1.54) is 430 Å². The third kappa shape index (κ3) is 81.0. The van der Waals surface area contributed by atoms with Crippen molar-refractivity contribution < 1.29 is 24.5 Å². The first-order chi connectivity index (χ1) is 47.5. The highest BCUT2D eigenvalue weighted by molar-refractivity contribution is 5.76. The van der Waals surface area contributed by atoms with Crippen molar-refractivity contribution in [1.29, 1.82) is 0 Å². The number of aliphatic hydroxyl groups is 2. The van der Waals surface area contributed by atoms with Gasteiger partial charge in [0.2, 0.25) is 5.91 Å². The van der Waals surface area contributed by atoms with Gasteiger partial charge in [0.25, 0.3) is 0 Å². The molecular weight excluding hydrogens is 1170 g/mol. The summed E-state index contributed by atoms with van der Waals surface area (Å²) in [6.07, 6.45) is 113. The Hall–Kier alpha value is -1.92. The molecule has 6 nitrogen and oxygen atoms in total. The third-order valence-electron chi connectivity index (χ3n) is 20.9. The molecule has 1 amide bonds. The molecule has 0 fully saturated rings. The summed E-state index contributed by atoms with van der Waals surface area (Å²) in [5.74, 6) is -0.0393. The first-order valence-corrected chi connectivity index (χ1v) is 44.3. The second-order valence-electron chi connectivity index (χ2n) is 30.6. The van der Waals surface area contributed by atoms with E-state index < -0.39 is 12.1 Å². The van der Waals surface area contributed by atoms with E-state index >= 15 is 0 Å². The molecule has 3 N–H and O–H groups in total. The van der Waals surface area contributed by atoms with E-state index in [0.717, 1.165) is 44.9 Å². The number of carbonyl (C=O) groups excluding carboxylic acids is 2. The van der Waals surface area contributed by atoms with E-state index in [9.17, 15) is 19.8 Å². The smallest absolute Gasteiger partial charge is 0.305 e. The molecule has 0 aromatic rings. The summed E-state index contributed by atoms with van der Waals surface area (Å²) in [5.41, 5.74) is 0. The second kappa shape index (κ2) is 85.5. The molecular formula is C90H173NO5. The number of carbonyl (C=O) groups is 2. The number of allylic oxidation sites excluding steroid dienone is 5. The van der Waals surface area contributed by atoms with Crippen LogP contribution in [0.3, 0.4) is 0 Å². The number of unbranched alkanes of at least 4 members (excludes halogenated alkanes) is 69. The first kappa shape index (κ1) is 94.1. The molecule has 0 heterocycles. The van der Waals surface area contributed by atoms with Gasteiger partial charge in [-0.05, 0) is 83.5 Å². The number of rotatable bonds is 84. The number of ether oxygens (including phenoxy) is 1. The van der Waals surface area contributed by atoms with Crippen molar-refractivity contribution in [3.8, 4) is 0 Å². The van der Waals surface area contributed by atoms with Crippen LogP contribution >= 0.6 is 0 Å². The summed E-state index contributed by atoms with van der Waals surface area (Å²) in [6, 6.07) is -0.627. The maximum absolute atomic E-state index is 12.6. The maximum Gasteiger partial charge on any atom is 0.305 e. The van der Waals surface area contributed by atoms with Gasteiger partial charge in [-0.15, -0.1) is 0 Å². The van der Waals surface area contributed by atoms with Gasteiger partial charge in [-0.1, -0.05) is 442 Å². The Kier molecular flexibility index (Phi) is 83.8. The fourth-order valence-electron chi connectivity index (χ4n) is 14.2. The van der Waals surface area contributed by atoms with Crippen LogP contribution in [0.5, 0.6) is 0 Å². The fraction of sp³-hybridized carbons (Fsp3) is 0.911. The molecule has 0 rings (SSSR count). The van der Waals surface area contributed by atoms with Crippen molar-refractivity contribution in [3.05, 3.63) is 36.5 Å². The Morgan fingerprint density at radius 3 is 0.740 bits per heavy atom. The van der Waals surface area contributed by atoms with Crippen molar-refractivity contribution in [2.24, 2.45) is 0 Å². The summed E-state index contributed by atoms with van der Waals surface area (Å²) in [6.45, 7) is 4.96. The van der Waals surface area contributed by atoms with E-state index in [-0.39, 0.29) is 18.5 Å². The predicted molar refractivity (Wildman–Crippen MR) is 426 cm³/mol. The van der Waals surface area contributed by atoms with E-state index in [1.807, 2.05) is 6.08 Å². The monoisotopic (exact) mass is 1350 g/mol. The van der Waals surface area contributed by atoms with Crippen LogP contribution in [0.4, 0.5) is 0 Å². The van der Waals surface area contributed by atoms with E-state index in [4.69, 9.17) is 4.74 Å². The summed E-state index contributed by atoms with van der Waals surface area (Å²) in [5, 5.41) is 23.3. The van der Waals surface area contributed by atoms with Crippen molar-refractivity contribution in [3.63, 3.8) is 0 Å². The van der Waals surface area contributed by atoms with Gasteiger partial charge < -0.3 is 20.3 Å². The molecule has 2 unspecified atom stereocenters. The molecule has 0 radical (unpaired) electrons. The molecule has 2 atom stereocenters. The summed E-state index contributed by atoms with van der Waals surface area (Å²) < 4.78 is 5.51. The van der Waals surface area contributed by atoms with Gasteiger partial charge in [0, 0.05) is 12.8 Å². The molecule has 0 aliphatic rings. The highest BCUT2D eigenvalue weighted by atomic mass is 16.5. The lowest BCUT2D eigenvalue weighted by molar-refractivity contribution is -0.143. The Balaban J connectivity index is 3.35. The SMILES string of the molecule is CCCCCCCC/C=C\CCCCCCCCCC(=O)OCCCCCCCCCCCCCCCCCC/C=C\CCCCCCCCCCCCCCCCCCCC(=O)NC(CO)C(O)/C=C/CCCCCCCCCCCCCCCCCCCCCCCCC. The summed E-state index contributed by atoms with van der Waals surface area (Å²) in [7, 11) is 0. The molecule has 568 valence electrons. The quantitative estimate of drug-likeness (QED) is 0.0320. The molecule has 6 heteroatoms. The third-order valence-corrected chi connectivity index (χ3v) is 20.9. The Labute approximate surface area is 602 Å². The second-order valence-corrected chi connectivity index (χ2v) is 30.6.